The Morgan fingerprint density at radius 3 is 2.15 bits per heavy atom. The van der Waals surface area contributed by atoms with Gasteiger partial charge in [-0.2, -0.15) is 0 Å². The summed E-state index contributed by atoms with van der Waals surface area (Å²) in [6.45, 7) is 4.00. The van der Waals surface area contributed by atoms with Crippen molar-refractivity contribution < 1.29 is 5.11 Å². The van der Waals surface area contributed by atoms with Crippen molar-refractivity contribution in [1.82, 2.24) is 0 Å². The zero-order chi connectivity index (χ0) is 18.4. The largest absolute Gasteiger partial charge is 0.388 e. The van der Waals surface area contributed by atoms with Crippen LogP contribution in [0.1, 0.15) is 31.4 Å². The number of fused-ring (bicyclic) bond motifs is 1. The molecule has 2 aromatic rings. The van der Waals surface area contributed by atoms with Crippen molar-refractivity contribution >= 4 is 17.4 Å². The topological polar surface area (TPSA) is 32.6 Å². The van der Waals surface area contributed by atoms with Gasteiger partial charge in [0.25, 0.3) is 0 Å². The molecule has 2 heteroatoms. The van der Waals surface area contributed by atoms with E-state index in [1.54, 1.807) is 0 Å². The molecular weight excluding hydrogens is 318 g/mol. The molecule has 2 nitrogen and oxygen atoms in total. The first-order chi connectivity index (χ1) is 12.8. The van der Waals surface area contributed by atoms with Gasteiger partial charge in [0.15, 0.2) is 0 Å². The molecule has 2 unspecified atom stereocenters. The molecular formula is C24H25NO. The lowest BCUT2D eigenvalue weighted by atomic mass is 9.93. The van der Waals surface area contributed by atoms with Crippen LogP contribution in [0.5, 0.6) is 0 Å². The average Bonchev–Trinajstić information content (AvgIpc) is 2.87. The van der Waals surface area contributed by atoms with Crippen LogP contribution in [-0.4, -0.2) is 23.5 Å². The molecule has 2 aliphatic rings. The lowest BCUT2D eigenvalue weighted by Crippen LogP contribution is -2.19. The number of hydrogen-bond acceptors (Lipinski definition) is 2. The van der Waals surface area contributed by atoms with E-state index in [0.717, 1.165) is 22.3 Å². The van der Waals surface area contributed by atoms with Gasteiger partial charge in [0.05, 0.1) is 12.1 Å². The average molecular weight is 343 g/mol. The number of hydrogen-bond donors (Lipinski definition) is 1. The minimum Gasteiger partial charge on any atom is -0.388 e. The highest BCUT2D eigenvalue weighted by Gasteiger charge is 2.27. The first-order valence-electron chi connectivity index (χ1n) is 9.27. The van der Waals surface area contributed by atoms with Gasteiger partial charge in [0.1, 0.15) is 0 Å². The summed E-state index contributed by atoms with van der Waals surface area (Å²) in [5.41, 5.74) is 5.49. The summed E-state index contributed by atoms with van der Waals surface area (Å²) in [4.78, 5) is 4.60. The SMILES string of the molecule is CC.OC1CC2N=CC=CC2=C(c2ccccc2)C=C1c1ccccc1. The van der Waals surface area contributed by atoms with Crippen LogP contribution >= 0.6 is 0 Å². The Kier molecular flexibility index (Phi) is 5.98. The van der Waals surface area contributed by atoms with Gasteiger partial charge in [-0.25, -0.2) is 0 Å². The van der Waals surface area contributed by atoms with E-state index in [4.69, 9.17) is 0 Å². The predicted octanol–water partition coefficient (Wildman–Crippen LogP) is 5.32. The highest BCUT2D eigenvalue weighted by molar-refractivity contribution is 5.91. The van der Waals surface area contributed by atoms with Crippen LogP contribution in [0, 0.1) is 0 Å². The van der Waals surface area contributed by atoms with Crippen LogP contribution in [0.25, 0.3) is 11.1 Å². The van der Waals surface area contributed by atoms with E-state index < -0.39 is 6.10 Å². The summed E-state index contributed by atoms with van der Waals surface area (Å²) in [7, 11) is 0. The zero-order valence-corrected chi connectivity index (χ0v) is 15.3. The molecule has 26 heavy (non-hydrogen) atoms. The number of aliphatic hydroxyl groups is 1. The molecule has 1 aliphatic carbocycles. The van der Waals surface area contributed by atoms with Gasteiger partial charge in [-0.1, -0.05) is 80.6 Å². The quantitative estimate of drug-likeness (QED) is 0.786. The van der Waals surface area contributed by atoms with E-state index in [1.165, 1.54) is 5.57 Å². The third-order valence-corrected chi connectivity index (χ3v) is 4.60. The van der Waals surface area contributed by atoms with Crippen molar-refractivity contribution in [2.45, 2.75) is 32.4 Å². The summed E-state index contributed by atoms with van der Waals surface area (Å²) in [5.74, 6) is 0. The molecule has 4 rings (SSSR count). The number of nitrogens with zero attached hydrogens (tertiary/aromatic N) is 1. The van der Waals surface area contributed by atoms with Crippen LogP contribution in [0.2, 0.25) is 0 Å². The molecule has 0 saturated heterocycles. The third-order valence-electron chi connectivity index (χ3n) is 4.60. The maximum atomic E-state index is 10.8. The van der Waals surface area contributed by atoms with Crippen molar-refractivity contribution in [2.75, 3.05) is 0 Å². The van der Waals surface area contributed by atoms with E-state index >= 15 is 0 Å². The Balaban J connectivity index is 0.000000948. The molecule has 132 valence electrons. The number of aliphatic imine (C=N–C) groups is 1. The van der Waals surface area contributed by atoms with E-state index in [9.17, 15) is 5.11 Å². The molecule has 0 fully saturated rings. The molecule has 1 aliphatic heterocycles. The fourth-order valence-electron chi connectivity index (χ4n) is 3.40. The zero-order valence-electron chi connectivity index (χ0n) is 15.3. The molecule has 0 saturated carbocycles. The molecule has 2 aromatic carbocycles. The van der Waals surface area contributed by atoms with Crippen LogP contribution in [0.15, 0.2) is 89.5 Å². The number of allylic oxidation sites excluding steroid dienone is 3. The summed E-state index contributed by atoms with van der Waals surface area (Å²) in [6, 6.07) is 20.5. The molecule has 1 heterocycles. The molecule has 0 amide bonds. The minimum absolute atomic E-state index is 0.00216. The Hall–Kier alpha value is -2.71. The fraction of sp³-hybridized carbons (Fsp3) is 0.208. The monoisotopic (exact) mass is 343 g/mol. The lowest BCUT2D eigenvalue weighted by Gasteiger charge is -2.19. The van der Waals surface area contributed by atoms with E-state index in [2.05, 4.69) is 41.4 Å². The lowest BCUT2D eigenvalue weighted by molar-refractivity contribution is 0.217. The van der Waals surface area contributed by atoms with E-state index in [1.807, 2.05) is 62.5 Å². The Bertz CT molecular complexity index is 844. The second kappa shape index (κ2) is 8.59. The third kappa shape index (κ3) is 3.76. The summed E-state index contributed by atoms with van der Waals surface area (Å²) in [6.07, 6.45) is 8.14. The van der Waals surface area contributed by atoms with Gasteiger partial charge in [0, 0.05) is 12.6 Å². The van der Waals surface area contributed by atoms with Crippen molar-refractivity contribution in [3.05, 3.63) is 95.6 Å². The molecule has 0 bridgehead atoms. The number of aliphatic hydroxyl groups excluding tert-OH is 1. The molecule has 1 N–H and O–H groups in total. The van der Waals surface area contributed by atoms with Gasteiger partial charge < -0.3 is 5.11 Å². The summed E-state index contributed by atoms with van der Waals surface area (Å²) in [5, 5.41) is 10.8. The molecule has 0 spiro atoms. The van der Waals surface area contributed by atoms with Gasteiger partial charge in [-0.05, 0) is 40.0 Å². The van der Waals surface area contributed by atoms with Gasteiger partial charge in [-0.15, -0.1) is 0 Å². The Morgan fingerprint density at radius 1 is 0.885 bits per heavy atom. The maximum Gasteiger partial charge on any atom is 0.0819 e. The van der Waals surface area contributed by atoms with Crippen molar-refractivity contribution in [3.63, 3.8) is 0 Å². The number of dihydropyridines is 1. The van der Waals surface area contributed by atoms with E-state index in [-0.39, 0.29) is 6.04 Å². The fourth-order valence-corrected chi connectivity index (χ4v) is 3.40. The Labute approximate surface area is 155 Å². The Morgan fingerprint density at radius 2 is 1.50 bits per heavy atom. The van der Waals surface area contributed by atoms with Gasteiger partial charge in [-0.3, -0.25) is 4.99 Å². The second-order valence-corrected chi connectivity index (χ2v) is 6.13. The van der Waals surface area contributed by atoms with Crippen LogP contribution in [0.3, 0.4) is 0 Å². The first-order valence-corrected chi connectivity index (χ1v) is 9.27. The van der Waals surface area contributed by atoms with Gasteiger partial charge >= 0.3 is 0 Å². The number of benzene rings is 2. The first kappa shape index (κ1) is 18.1. The second-order valence-electron chi connectivity index (χ2n) is 6.13. The van der Waals surface area contributed by atoms with Gasteiger partial charge in [0.2, 0.25) is 0 Å². The smallest absolute Gasteiger partial charge is 0.0819 e. The standard InChI is InChI=1S/C22H19NO.C2H6/c24-22-15-21-18(12-7-13-23-21)19(16-8-3-1-4-9-16)14-20(22)17-10-5-2-6-11-17;1-2/h1-14,21-22,24H,15H2;1-2H3. The van der Waals surface area contributed by atoms with E-state index in [0.29, 0.717) is 6.42 Å². The summed E-state index contributed by atoms with van der Waals surface area (Å²) >= 11 is 0. The van der Waals surface area contributed by atoms with Crippen molar-refractivity contribution in [2.24, 2.45) is 4.99 Å². The maximum absolute atomic E-state index is 10.8. The molecule has 0 radical (unpaired) electrons. The molecule has 0 aromatic heterocycles. The van der Waals surface area contributed by atoms with Crippen molar-refractivity contribution in [1.29, 1.82) is 0 Å². The highest BCUT2D eigenvalue weighted by atomic mass is 16.3. The summed E-state index contributed by atoms with van der Waals surface area (Å²) < 4.78 is 0. The van der Waals surface area contributed by atoms with Crippen LogP contribution in [0.4, 0.5) is 0 Å². The highest BCUT2D eigenvalue weighted by Crippen LogP contribution is 2.36. The normalized spacial score (nSPS) is 21.3. The van der Waals surface area contributed by atoms with Crippen LogP contribution < -0.4 is 0 Å². The molecule has 2 atom stereocenters. The minimum atomic E-state index is -0.530. The van der Waals surface area contributed by atoms with Crippen LogP contribution in [-0.2, 0) is 0 Å². The predicted molar refractivity (Wildman–Crippen MR) is 111 cm³/mol. The number of rotatable bonds is 2. The van der Waals surface area contributed by atoms with Crippen molar-refractivity contribution in [3.8, 4) is 0 Å².